The summed E-state index contributed by atoms with van der Waals surface area (Å²) in [6.07, 6.45) is -4.22. The Bertz CT molecular complexity index is 672. The molecule has 0 aliphatic heterocycles. The number of alkyl halides is 3. The second-order valence-corrected chi connectivity index (χ2v) is 4.14. The van der Waals surface area contributed by atoms with Crippen LogP contribution in [0.2, 0.25) is 0 Å². The van der Waals surface area contributed by atoms with E-state index in [1.165, 1.54) is 6.07 Å². The first kappa shape index (κ1) is 14.1. The Labute approximate surface area is 113 Å². The van der Waals surface area contributed by atoms with E-state index in [0.29, 0.717) is 6.08 Å². The number of fused-ring (bicyclic) bond motifs is 1. The van der Waals surface area contributed by atoms with Crippen molar-refractivity contribution in [3.05, 3.63) is 59.9 Å². The van der Waals surface area contributed by atoms with E-state index in [2.05, 4.69) is 4.74 Å². The van der Waals surface area contributed by atoms with Gasteiger partial charge in [0.1, 0.15) is 0 Å². The molecule has 0 aromatic heterocycles. The number of halogens is 3. The van der Waals surface area contributed by atoms with Crippen LogP contribution in [0.5, 0.6) is 0 Å². The molecule has 2 rings (SSSR count). The quantitative estimate of drug-likeness (QED) is 0.480. The molecule has 0 bridgehead atoms. The highest BCUT2D eigenvalue weighted by atomic mass is 19.4. The molecule has 0 fully saturated rings. The molecule has 0 amide bonds. The predicted molar refractivity (Wildman–Crippen MR) is 69.4 cm³/mol. The molecular formula is C15H11F3O2. The van der Waals surface area contributed by atoms with Gasteiger partial charge in [-0.3, -0.25) is 4.79 Å². The molecule has 0 N–H and O–H groups in total. The number of hydrogen-bond acceptors (Lipinski definition) is 2. The fraction of sp³-hybridized carbons (Fsp3) is 0.133. The van der Waals surface area contributed by atoms with Gasteiger partial charge >= 0.3 is 6.18 Å². The number of hydrogen-bond donors (Lipinski definition) is 0. The molecule has 104 valence electrons. The zero-order valence-corrected chi connectivity index (χ0v) is 10.6. The molecule has 0 aliphatic rings. The fourth-order valence-electron chi connectivity index (χ4n) is 1.80. The van der Waals surface area contributed by atoms with Crippen LogP contribution in [0.15, 0.2) is 54.3 Å². The maximum Gasteiger partial charge on any atom is 0.449 e. The third kappa shape index (κ3) is 2.99. The van der Waals surface area contributed by atoms with Gasteiger partial charge in [-0.1, -0.05) is 36.4 Å². The highest BCUT2D eigenvalue weighted by Crippen LogP contribution is 2.26. The first-order chi connectivity index (χ1) is 9.41. The summed E-state index contributed by atoms with van der Waals surface area (Å²) in [5.41, 5.74) is 0.183. The van der Waals surface area contributed by atoms with E-state index in [4.69, 9.17) is 0 Å². The van der Waals surface area contributed by atoms with E-state index in [1.54, 1.807) is 24.3 Å². The van der Waals surface area contributed by atoms with Gasteiger partial charge in [-0.2, -0.15) is 13.2 Å². The Morgan fingerprint density at radius 3 is 2.35 bits per heavy atom. The Balaban J connectivity index is 2.38. The van der Waals surface area contributed by atoms with Crippen LogP contribution in [-0.2, 0) is 4.74 Å². The molecule has 0 saturated carbocycles. The van der Waals surface area contributed by atoms with Crippen molar-refractivity contribution in [2.45, 2.75) is 6.18 Å². The molecule has 20 heavy (non-hydrogen) atoms. The Hall–Kier alpha value is -2.30. The molecule has 0 atom stereocenters. The van der Waals surface area contributed by atoms with Crippen molar-refractivity contribution >= 4 is 16.6 Å². The van der Waals surface area contributed by atoms with E-state index in [1.807, 2.05) is 12.1 Å². The molecule has 2 aromatic carbocycles. The normalized spacial score (nSPS) is 12.5. The van der Waals surface area contributed by atoms with E-state index in [-0.39, 0.29) is 5.56 Å². The van der Waals surface area contributed by atoms with Crippen LogP contribution in [0.3, 0.4) is 0 Å². The Morgan fingerprint density at radius 1 is 1.10 bits per heavy atom. The maximum atomic E-state index is 12.5. The molecular weight excluding hydrogens is 269 g/mol. The van der Waals surface area contributed by atoms with Gasteiger partial charge < -0.3 is 4.74 Å². The lowest BCUT2D eigenvalue weighted by atomic mass is 10.0. The number of ketones is 1. The van der Waals surface area contributed by atoms with Gasteiger partial charge in [0, 0.05) is 11.6 Å². The monoisotopic (exact) mass is 280 g/mol. The van der Waals surface area contributed by atoms with Crippen molar-refractivity contribution in [1.29, 1.82) is 0 Å². The van der Waals surface area contributed by atoms with Gasteiger partial charge in [-0.25, -0.2) is 0 Å². The summed E-state index contributed by atoms with van der Waals surface area (Å²) in [4.78, 5) is 11.8. The standard InChI is InChI=1S/C15H11F3O2/c1-20-14(15(16,17)18)9-13(19)12-7-6-10-4-2-3-5-11(10)8-12/h2-9H,1H3/b14-9-. The van der Waals surface area contributed by atoms with Crippen molar-refractivity contribution in [2.24, 2.45) is 0 Å². The van der Waals surface area contributed by atoms with E-state index in [0.717, 1.165) is 17.9 Å². The smallest absolute Gasteiger partial charge is 0.449 e. The number of allylic oxidation sites excluding steroid dienone is 2. The second kappa shape index (κ2) is 5.36. The van der Waals surface area contributed by atoms with Gasteiger partial charge in [-0.05, 0) is 16.8 Å². The number of benzene rings is 2. The summed E-state index contributed by atoms with van der Waals surface area (Å²) in [5, 5.41) is 1.70. The highest BCUT2D eigenvalue weighted by Gasteiger charge is 2.35. The summed E-state index contributed by atoms with van der Waals surface area (Å²) in [6, 6.07) is 12.0. The van der Waals surface area contributed by atoms with Crippen LogP contribution < -0.4 is 0 Å². The van der Waals surface area contributed by atoms with Crippen molar-refractivity contribution in [3.63, 3.8) is 0 Å². The first-order valence-electron chi connectivity index (χ1n) is 5.78. The molecule has 2 nitrogen and oxygen atoms in total. The molecule has 0 unspecified atom stereocenters. The molecule has 2 aromatic rings. The van der Waals surface area contributed by atoms with Crippen LogP contribution in [0.1, 0.15) is 10.4 Å². The van der Waals surface area contributed by atoms with Gasteiger partial charge in [0.05, 0.1) is 7.11 Å². The zero-order valence-electron chi connectivity index (χ0n) is 10.6. The van der Waals surface area contributed by atoms with Crippen molar-refractivity contribution in [1.82, 2.24) is 0 Å². The molecule has 0 saturated heterocycles. The number of carbonyl (C=O) groups excluding carboxylic acids is 1. The van der Waals surface area contributed by atoms with Gasteiger partial charge in [0.2, 0.25) is 5.76 Å². The topological polar surface area (TPSA) is 26.3 Å². The van der Waals surface area contributed by atoms with Gasteiger partial charge in [0.15, 0.2) is 5.78 Å². The SMILES string of the molecule is CO/C(=C\C(=O)c1ccc2ccccc2c1)C(F)(F)F. The molecule has 0 spiro atoms. The van der Waals surface area contributed by atoms with Gasteiger partial charge in [-0.15, -0.1) is 0 Å². The number of rotatable bonds is 3. The summed E-state index contributed by atoms with van der Waals surface area (Å²) < 4.78 is 41.7. The van der Waals surface area contributed by atoms with Crippen molar-refractivity contribution in [3.8, 4) is 0 Å². The lowest BCUT2D eigenvalue weighted by molar-refractivity contribution is -0.125. The van der Waals surface area contributed by atoms with Crippen LogP contribution in [-0.4, -0.2) is 19.1 Å². The fourth-order valence-corrected chi connectivity index (χ4v) is 1.80. The Morgan fingerprint density at radius 2 is 1.75 bits per heavy atom. The second-order valence-electron chi connectivity index (χ2n) is 4.14. The zero-order chi connectivity index (χ0) is 14.8. The molecule has 5 heteroatoms. The highest BCUT2D eigenvalue weighted by molar-refractivity contribution is 6.07. The van der Waals surface area contributed by atoms with Crippen LogP contribution in [0.4, 0.5) is 13.2 Å². The van der Waals surface area contributed by atoms with E-state index in [9.17, 15) is 18.0 Å². The third-order valence-corrected chi connectivity index (χ3v) is 2.80. The minimum Gasteiger partial charge on any atom is -0.492 e. The number of methoxy groups -OCH3 is 1. The number of ether oxygens (including phenoxy) is 1. The Kier molecular flexibility index (Phi) is 3.79. The molecule has 0 radical (unpaired) electrons. The van der Waals surface area contributed by atoms with Gasteiger partial charge in [0.25, 0.3) is 0 Å². The molecule has 0 aliphatic carbocycles. The van der Waals surface area contributed by atoms with E-state index < -0.39 is 17.7 Å². The summed E-state index contributed by atoms with van der Waals surface area (Å²) in [7, 11) is 0.882. The molecule has 0 heterocycles. The van der Waals surface area contributed by atoms with Crippen LogP contribution in [0.25, 0.3) is 10.8 Å². The predicted octanol–water partition coefficient (Wildman–Crippen LogP) is 4.12. The summed E-state index contributed by atoms with van der Waals surface area (Å²) in [5.74, 6) is -2.06. The van der Waals surface area contributed by atoms with Crippen LogP contribution in [0, 0.1) is 0 Å². The average Bonchev–Trinajstić information content (AvgIpc) is 2.42. The lowest BCUT2D eigenvalue weighted by Gasteiger charge is -2.09. The minimum atomic E-state index is -4.68. The first-order valence-corrected chi connectivity index (χ1v) is 5.78. The van der Waals surface area contributed by atoms with Crippen molar-refractivity contribution < 1.29 is 22.7 Å². The minimum absolute atomic E-state index is 0.183. The largest absolute Gasteiger partial charge is 0.492 e. The lowest BCUT2D eigenvalue weighted by Crippen LogP contribution is -2.15. The number of carbonyl (C=O) groups is 1. The van der Waals surface area contributed by atoms with Crippen molar-refractivity contribution in [2.75, 3.05) is 7.11 Å². The summed E-state index contributed by atoms with van der Waals surface area (Å²) >= 11 is 0. The van der Waals surface area contributed by atoms with E-state index >= 15 is 0 Å². The maximum absolute atomic E-state index is 12.5. The van der Waals surface area contributed by atoms with Crippen LogP contribution >= 0.6 is 0 Å². The average molecular weight is 280 g/mol. The third-order valence-electron chi connectivity index (χ3n) is 2.80. The summed E-state index contributed by atoms with van der Waals surface area (Å²) in [6.45, 7) is 0.